The van der Waals surface area contributed by atoms with Gasteiger partial charge in [0.05, 0.1) is 12.7 Å². The van der Waals surface area contributed by atoms with E-state index < -0.39 is 5.97 Å². The monoisotopic (exact) mass is 329 g/mol. The minimum Gasteiger partial charge on any atom is -1.00 e. The van der Waals surface area contributed by atoms with Gasteiger partial charge in [-0.2, -0.15) is 4.57 Å². The Morgan fingerprint density at radius 3 is 2.30 bits per heavy atom. The minimum absolute atomic E-state index is 0. The molecule has 0 radical (unpaired) electrons. The lowest BCUT2D eigenvalue weighted by molar-refractivity contribution is -0.594. The van der Waals surface area contributed by atoms with Crippen LogP contribution in [0.15, 0.2) is 60.9 Å². The number of methoxy groups -OCH3 is 1. The molecule has 0 aliphatic carbocycles. The van der Waals surface area contributed by atoms with Crippen molar-refractivity contribution in [2.75, 3.05) is 12.8 Å². The van der Waals surface area contributed by atoms with Crippen molar-refractivity contribution >= 4 is 11.8 Å². The third-order valence-corrected chi connectivity index (χ3v) is 3.43. The summed E-state index contributed by atoms with van der Waals surface area (Å²) in [5, 5.41) is 0. The Morgan fingerprint density at radius 2 is 1.70 bits per heavy atom. The Kier molecular flexibility index (Phi) is 5.03. The first-order valence-corrected chi connectivity index (χ1v) is 6.84. The van der Waals surface area contributed by atoms with Gasteiger partial charge in [-0.3, -0.25) is 0 Å². The summed E-state index contributed by atoms with van der Waals surface area (Å²) in [6, 6.07) is 15.3. The summed E-state index contributed by atoms with van der Waals surface area (Å²) in [7, 11) is 1.35. The maximum Gasteiger partial charge on any atom is 0.355 e. The number of hydrogen-bond donors (Lipinski definition) is 2. The van der Waals surface area contributed by atoms with Crippen molar-refractivity contribution in [2.45, 2.75) is 0 Å². The molecule has 0 atom stereocenters. The van der Waals surface area contributed by atoms with Gasteiger partial charge in [-0.05, 0) is 5.56 Å². The fourth-order valence-corrected chi connectivity index (χ4v) is 2.47. The molecule has 5 nitrogen and oxygen atoms in total. The van der Waals surface area contributed by atoms with E-state index in [1.807, 2.05) is 65.5 Å². The number of anilines is 1. The number of esters is 1. The fourth-order valence-electron chi connectivity index (χ4n) is 2.47. The molecule has 2 aromatic heterocycles. The zero-order valence-corrected chi connectivity index (χ0v) is 13.2. The largest absolute Gasteiger partial charge is 1.00 e. The van der Waals surface area contributed by atoms with Crippen LogP contribution >= 0.6 is 0 Å². The molecule has 6 heteroatoms. The average molecular weight is 330 g/mol. The fraction of sp³-hybridized carbons (Fsp3) is 0.0588. The molecule has 3 aromatic rings. The highest BCUT2D eigenvalue weighted by molar-refractivity contribution is 5.99. The van der Waals surface area contributed by atoms with E-state index in [1.54, 1.807) is 0 Å². The summed E-state index contributed by atoms with van der Waals surface area (Å²) < 4.78 is 6.74. The van der Waals surface area contributed by atoms with Gasteiger partial charge in [0.25, 0.3) is 5.69 Å². The van der Waals surface area contributed by atoms with Gasteiger partial charge in [-0.1, -0.05) is 36.4 Å². The van der Waals surface area contributed by atoms with Crippen LogP contribution in [-0.2, 0) is 4.74 Å². The Morgan fingerprint density at radius 1 is 1.09 bits per heavy atom. The van der Waals surface area contributed by atoms with E-state index in [4.69, 9.17) is 10.5 Å². The van der Waals surface area contributed by atoms with Gasteiger partial charge in [0, 0.05) is 12.1 Å². The molecule has 0 saturated carbocycles. The molecular formula is C17H16ClN3O2. The maximum atomic E-state index is 12.1. The standard InChI is InChI=1S/C17H15N3O2.ClH/c1-22-17(21)14-13(12-8-4-2-5-9-12)15(16(18)19-14)20-10-6-3-7-11-20;/h2-11H,1H3,(H2-,18,19,21);1H. The lowest BCUT2D eigenvalue weighted by Crippen LogP contribution is -3.00. The molecule has 0 saturated heterocycles. The normalized spacial score (nSPS) is 9.96. The Labute approximate surface area is 140 Å². The van der Waals surface area contributed by atoms with Crippen molar-refractivity contribution < 1.29 is 26.5 Å². The molecule has 23 heavy (non-hydrogen) atoms. The number of nitrogens with one attached hydrogen (secondary N) is 1. The first-order chi connectivity index (χ1) is 10.7. The highest BCUT2D eigenvalue weighted by atomic mass is 35.5. The average Bonchev–Trinajstić information content (AvgIpc) is 2.93. The molecule has 3 rings (SSSR count). The predicted molar refractivity (Wildman–Crippen MR) is 83.5 cm³/mol. The molecule has 0 amide bonds. The number of aromatic amines is 1. The van der Waals surface area contributed by atoms with Crippen LogP contribution in [0.2, 0.25) is 0 Å². The second-order valence-electron chi connectivity index (χ2n) is 4.78. The quantitative estimate of drug-likeness (QED) is 0.494. The lowest BCUT2D eigenvalue weighted by atomic mass is 10.0. The highest BCUT2D eigenvalue weighted by Crippen LogP contribution is 2.32. The van der Waals surface area contributed by atoms with E-state index in [2.05, 4.69) is 4.98 Å². The number of nitrogens with zero attached hydrogens (tertiary/aromatic N) is 1. The summed E-state index contributed by atoms with van der Waals surface area (Å²) in [6.07, 6.45) is 3.76. The number of nitrogen functional groups attached to an aromatic ring is 1. The maximum absolute atomic E-state index is 12.1. The van der Waals surface area contributed by atoms with Gasteiger partial charge in [0.2, 0.25) is 0 Å². The van der Waals surface area contributed by atoms with E-state index in [-0.39, 0.29) is 12.4 Å². The topological polar surface area (TPSA) is 72.0 Å². The first kappa shape index (κ1) is 16.6. The van der Waals surface area contributed by atoms with Crippen LogP contribution in [0.25, 0.3) is 16.8 Å². The van der Waals surface area contributed by atoms with Crippen LogP contribution in [0.4, 0.5) is 5.82 Å². The second-order valence-corrected chi connectivity index (χ2v) is 4.78. The van der Waals surface area contributed by atoms with Crippen LogP contribution in [0, 0.1) is 0 Å². The Bertz CT molecular complexity index is 801. The van der Waals surface area contributed by atoms with Crippen LogP contribution in [0.3, 0.4) is 0 Å². The molecule has 0 aliphatic rings. The van der Waals surface area contributed by atoms with Crippen LogP contribution < -0.4 is 22.7 Å². The third kappa shape index (κ3) is 3.05. The number of halogens is 1. The summed E-state index contributed by atoms with van der Waals surface area (Å²) in [5.74, 6) is -0.0382. The summed E-state index contributed by atoms with van der Waals surface area (Å²) in [5.41, 5.74) is 8.81. The SMILES string of the molecule is COC(=O)c1[nH]c(N)c(-[n+]2ccccc2)c1-c1ccccc1.[Cl-]. The minimum atomic E-state index is -0.451. The zero-order valence-electron chi connectivity index (χ0n) is 12.5. The highest BCUT2D eigenvalue weighted by Gasteiger charge is 2.28. The summed E-state index contributed by atoms with van der Waals surface area (Å²) >= 11 is 0. The Hall–Kier alpha value is -2.79. The van der Waals surface area contributed by atoms with Crippen LogP contribution in [0.1, 0.15) is 10.5 Å². The molecule has 0 spiro atoms. The Balaban J connectivity index is 0.00000192. The number of H-pyrrole nitrogens is 1. The number of aromatic nitrogens is 2. The van der Waals surface area contributed by atoms with Gasteiger partial charge in [-0.25, -0.2) is 4.79 Å². The molecular weight excluding hydrogens is 314 g/mol. The zero-order chi connectivity index (χ0) is 15.5. The van der Waals surface area contributed by atoms with Gasteiger partial charge >= 0.3 is 5.97 Å². The van der Waals surface area contributed by atoms with Crippen LogP contribution in [-0.4, -0.2) is 18.1 Å². The third-order valence-electron chi connectivity index (χ3n) is 3.43. The summed E-state index contributed by atoms with van der Waals surface area (Å²) in [4.78, 5) is 15.0. The predicted octanol–water partition coefficient (Wildman–Crippen LogP) is -0.669. The van der Waals surface area contributed by atoms with Gasteiger partial charge < -0.3 is 27.9 Å². The van der Waals surface area contributed by atoms with E-state index in [1.165, 1.54) is 7.11 Å². The van der Waals surface area contributed by atoms with E-state index in [0.29, 0.717) is 11.5 Å². The van der Waals surface area contributed by atoms with Crippen molar-refractivity contribution in [1.29, 1.82) is 0 Å². The molecule has 118 valence electrons. The summed E-state index contributed by atoms with van der Waals surface area (Å²) in [6.45, 7) is 0. The number of carbonyl (C=O) groups excluding carboxylic acids is 1. The van der Waals surface area contributed by atoms with Gasteiger partial charge in [0.15, 0.2) is 18.2 Å². The van der Waals surface area contributed by atoms with E-state index in [0.717, 1.165) is 16.8 Å². The lowest BCUT2D eigenvalue weighted by Gasteiger charge is -2.03. The van der Waals surface area contributed by atoms with Gasteiger partial charge in [0.1, 0.15) is 5.69 Å². The smallest absolute Gasteiger partial charge is 0.355 e. The number of hydrogen-bond acceptors (Lipinski definition) is 3. The van der Waals surface area contributed by atoms with Gasteiger partial charge in [-0.15, -0.1) is 0 Å². The molecule has 0 unspecified atom stereocenters. The van der Waals surface area contributed by atoms with Crippen molar-refractivity contribution in [2.24, 2.45) is 0 Å². The second kappa shape index (κ2) is 6.98. The first-order valence-electron chi connectivity index (χ1n) is 6.84. The van der Waals surface area contributed by atoms with E-state index >= 15 is 0 Å². The molecule has 0 fully saturated rings. The number of carbonyl (C=O) groups is 1. The van der Waals surface area contributed by atoms with Crippen molar-refractivity contribution in [1.82, 2.24) is 4.98 Å². The number of ether oxygens (including phenoxy) is 1. The molecule has 0 bridgehead atoms. The molecule has 1 aromatic carbocycles. The van der Waals surface area contributed by atoms with Crippen LogP contribution in [0.5, 0.6) is 0 Å². The molecule has 3 N–H and O–H groups in total. The number of nitrogens with two attached hydrogens (primary N) is 1. The van der Waals surface area contributed by atoms with Crippen molar-refractivity contribution in [3.05, 3.63) is 66.6 Å². The molecule has 0 aliphatic heterocycles. The number of pyridine rings is 1. The van der Waals surface area contributed by atoms with E-state index in [9.17, 15) is 4.79 Å². The number of benzene rings is 1. The molecule has 2 heterocycles. The number of rotatable bonds is 3. The van der Waals surface area contributed by atoms with Crippen molar-refractivity contribution in [3.8, 4) is 16.8 Å². The van der Waals surface area contributed by atoms with Crippen molar-refractivity contribution in [3.63, 3.8) is 0 Å².